The lowest BCUT2D eigenvalue weighted by molar-refractivity contribution is 0.104. The first-order valence-corrected chi connectivity index (χ1v) is 5.50. The van der Waals surface area contributed by atoms with E-state index in [2.05, 4.69) is 20.9 Å². The SMILES string of the molecule is O=C(/C=C/n1ccnc1)c1ccc(Br)cc1. The number of allylic oxidation sites excluding steroid dienone is 1. The Bertz CT molecular complexity index is 500. The van der Waals surface area contributed by atoms with Gasteiger partial charge in [0.2, 0.25) is 0 Å². The minimum absolute atomic E-state index is 0.0267. The Morgan fingerprint density at radius 2 is 2.06 bits per heavy atom. The van der Waals surface area contributed by atoms with Gasteiger partial charge in [-0.3, -0.25) is 4.79 Å². The average molecular weight is 277 g/mol. The molecule has 0 unspecified atom stereocenters. The molecule has 0 aliphatic rings. The molecule has 0 atom stereocenters. The summed E-state index contributed by atoms with van der Waals surface area (Å²) in [5.74, 6) is -0.0267. The monoisotopic (exact) mass is 276 g/mol. The summed E-state index contributed by atoms with van der Waals surface area (Å²) < 4.78 is 2.68. The van der Waals surface area contributed by atoms with Crippen molar-refractivity contribution >= 4 is 27.9 Å². The predicted molar refractivity (Wildman–Crippen MR) is 66.0 cm³/mol. The minimum Gasteiger partial charge on any atom is -0.313 e. The largest absolute Gasteiger partial charge is 0.313 e. The summed E-state index contributed by atoms with van der Waals surface area (Å²) in [6, 6.07) is 7.26. The summed E-state index contributed by atoms with van der Waals surface area (Å²) in [5, 5.41) is 0. The van der Waals surface area contributed by atoms with Crippen molar-refractivity contribution < 1.29 is 4.79 Å². The van der Waals surface area contributed by atoms with E-state index >= 15 is 0 Å². The molecule has 0 spiro atoms. The Labute approximate surface area is 102 Å². The highest BCUT2D eigenvalue weighted by Crippen LogP contribution is 2.11. The number of aromatic nitrogens is 2. The van der Waals surface area contributed by atoms with E-state index in [0.717, 1.165) is 4.47 Å². The number of ketones is 1. The van der Waals surface area contributed by atoms with Crippen molar-refractivity contribution in [2.75, 3.05) is 0 Å². The Kier molecular flexibility index (Phi) is 3.31. The molecule has 0 amide bonds. The molecule has 2 aromatic rings. The number of benzene rings is 1. The van der Waals surface area contributed by atoms with Gasteiger partial charge in [-0.05, 0) is 24.3 Å². The van der Waals surface area contributed by atoms with Gasteiger partial charge in [0.1, 0.15) is 0 Å². The molecule has 3 nitrogen and oxygen atoms in total. The first kappa shape index (κ1) is 10.8. The Morgan fingerprint density at radius 1 is 1.31 bits per heavy atom. The lowest BCUT2D eigenvalue weighted by atomic mass is 10.1. The third-order valence-corrected chi connectivity index (χ3v) is 2.58. The van der Waals surface area contributed by atoms with E-state index in [1.54, 1.807) is 41.6 Å². The smallest absolute Gasteiger partial charge is 0.187 e. The van der Waals surface area contributed by atoms with E-state index < -0.39 is 0 Å². The second kappa shape index (κ2) is 4.90. The van der Waals surface area contributed by atoms with Crippen molar-refractivity contribution in [2.24, 2.45) is 0 Å². The average Bonchev–Trinajstić information content (AvgIpc) is 2.80. The maximum atomic E-state index is 11.7. The highest BCUT2D eigenvalue weighted by atomic mass is 79.9. The molecule has 0 aliphatic heterocycles. The van der Waals surface area contributed by atoms with Crippen LogP contribution in [0.1, 0.15) is 10.4 Å². The maximum absolute atomic E-state index is 11.7. The number of imidazole rings is 1. The van der Waals surface area contributed by atoms with Crippen LogP contribution in [0.5, 0.6) is 0 Å². The Balaban J connectivity index is 2.11. The third kappa shape index (κ3) is 2.67. The van der Waals surface area contributed by atoms with E-state index in [0.29, 0.717) is 5.56 Å². The molecule has 0 saturated carbocycles. The number of rotatable bonds is 3. The number of carbonyl (C=O) groups is 1. The zero-order chi connectivity index (χ0) is 11.4. The summed E-state index contributed by atoms with van der Waals surface area (Å²) in [5.41, 5.74) is 0.666. The second-order valence-corrected chi connectivity index (χ2v) is 4.11. The fourth-order valence-electron chi connectivity index (χ4n) is 1.22. The van der Waals surface area contributed by atoms with Gasteiger partial charge in [-0.1, -0.05) is 15.9 Å². The van der Waals surface area contributed by atoms with Crippen LogP contribution in [0.15, 0.2) is 53.5 Å². The van der Waals surface area contributed by atoms with Gasteiger partial charge in [0.05, 0.1) is 6.33 Å². The van der Waals surface area contributed by atoms with Crippen molar-refractivity contribution in [3.05, 3.63) is 59.1 Å². The van der Waals surface area contributed by atoms with Crippen LogP contribution < -0.4 is 0 Å². The van der Waals surface area contributed by atoms with Gasteiger partial charge in [-0.2, -0.15) is 0 Å². The first-order chi connectivity index (χ1) is 7.75. The molecule has 80 valence electrons. The fraction of sp³-hybridized carbons (Fsp3) is 0. The predicted octanol–water partition coefficient (Wildman–Crippen LogP) is 3.00. The molecule has 2 rings (SSSR count). The van der Waals surface area contributed by atoms with E-state index in [1.165, 1.54) is 6.08 Å². The number of hydrogen-bond donors (Lipinski definition) is 0. The van der Waals surface area contributed by atoms with E-state index in [4.69, 9.17) is 0 Å². The van der Waals surface area contributed by atoms with Crippen LogP contribution in [0.2, 0.25) is 0 Å². The van der Waals surface area contributed by atoms with Gasteiger partial charge in [0.15, 0.2) is 5.78 Å². The standard InChI is InChI=1S/C12H9BrN2O/c13-11-3-1-10(2-4-11)12(16)5-7-15-8-6-14-9-15/h1-9H/b7-5+. The zero-order valence-corrected chi connectivity index (χ0v) is 9.96. The van der Waals surface area contributed by atoms with Crippen LogP contribution in [-0.2, 0) is 0 Å². The molecule has 4 heteroatoms. The molecule has 16 heavy (non-hydrogen) atoms. The summed E-state index contributed by atoms with van der Waals surface area (Å²) in [6.45, 7) is 0. The number of carbonyl (C=O) groups excluding carboxylic acids is 1. The quantitative estimate of drug-likeness (QED) is 0.638. The van der Waals surface area contributed by atoms with Crippen LogP contribution in [0.25, 0.3) is 6.20 Å². The maximum Gasteiger partial charge on any atom is 0.187 e. The lowest BCUT2D eigenvalue weighted by Gasteiger charge is -1.96. The molecule has 0 aliphatic carbocycles. The zero-order valence-electron chi connectivity index (χ0n) is 8.38. The molecular formula is C12H9BrN2O. The topological polar surface area (TPSA) is 34.9 Å². The number of hydrogen-bond acceptors (Lipinski definition) is 2. The van der Waals surface area contributed by atoms with Crippen molar-refractivity contribution in [1.82, 2.24) is 9.55 Å². The number of nitrogens with zero attached hydrogens (tertiary/aromatic N) is 2. The number of halogens is 1. The molecule has 1 aromatic carbocycles. The normalized spacial score (nSPS) is 10.8. The van der Waals surface area contributed by atoms with Crippen molar-refractivity contribution in [2.45, 2.75) is 0 Å². The van der Waals surface area contributed by atoms with Crippen molar-refractivity contribution in [1.29, 1.82) is 0 Å². The van der Waals surface area contributed by atoms with Crippen LogP contribution in [0, 0.1) is 0 Å². The van der Waals surface area contributed by atoms with Gasteiger partial charge in [-0.25, -0.2) is 4.98 Å². The van der Waals surface area contributed by atoms with Crippen LogP contribution in [-0.4, -0.2) is 15.3 Å². The molecule has 0 radical (unpaired) electrons. The van der Waals surface area contributed by atoms with Crippen LogP contribution >= 0.6 is 15.9 Å². The van der Waals surface area contributed by atoms with Gasteiger partial charge in [0.25, 0.3) is 0 Å². The van der Waals surface area contributed by atoms with Crippen molar-refractivity contribution in [3.63, 3.8) is 0 Å². The van der Waals surface area contributed by atoms with Gasteiger partial charge in [-0.15, -0.1) is 0 Å². The molecular weight excluding hydrogens is 268 g/mol. The Hall–Kier alpha value is -1.68. The first-order valence-electron chi connectivity index (χ1n) is 4.71. The molecule has 0 saturated heterocycles. The summed E-state index contributed by atoms with van der Waals surface area (Å²) in [7, 11) is 0. The van der Waals surface area contributed by atoms with Crippen molar-refractivity contribution in [3.8, 4) is 0 Å². The third-order valence-electron chi connectivity index (χ3n) is 2.05. The van der Waals surface area contributed by atoms with E-state index in [1.807, 2.05) is 12.1 Å². The highest BCUT2D eigenvalue weighted by molar-refractivity contribution is 9.10. The summed E-state index contributed by atoms with van der Waals surface area (Å²) in [4.78, 5) is 15.6. The molecule has 0 bridgehead atoms. The van der Waals surface area contributed by atoms with Crippen LogP contribution in [0.4, 0.5) is 0 Å². The summed E-state index contributed by atoms with van der Waals surface area (Å²) in [6.07, 6.45) is 8.26. The molecule has 0 fully saturated rings. The summed E-state index contributed by atoms with van der Waals surface area (Å²) >= 11 is 3.32. The van der Waals surface area contributed by atoms with E-state index in [-0.39, 0.29) is 5.78 Å². The van der Waals surface area contributed by atoms with Crippen LogP contribution in [0.3, 0.4) is 0 Å². The Morgan fingerprint density at radius 3 is 2.69 bits per heavy atom. The fourth-order valence-corrected chi connectivity index (χ4v) is 1.49. The lowest BCUT2D eigenvalue weighted by Crippen LogP contribution is -1.94. The highest BCUT2D eigenvalue weighted by Gasteiger charge is 2.00. The van der Waals surface area contributed by atoms with E-state index in [9.17, 15) is 4.79 Å². The molecule has 1 heterocycles. The van der Waals surface area contributed by atoms with Gasteiger partial charge < -0.3 is 4.57 Å². The second-order valence-electron chi connectivity index (χ2n) is 3.20. The van der Waals surface area contributed by atoms with Gasteiger partial charge >= 0.3 is 0 Å². The van der Waals surface area contributed by atoms with Gasteiger partial charge in [0, 0.05) is 34.7 Å². The molecule has 0 N–H and O–H groups in total. The minimum atomic E-state index is -0.0267. The molecule has 1 aromatic heterocycles.